The van der Waals surface area contributed by atoms with E-state index in [0.29, 0.717) is 12.8 Å². The third-order valence-electron chi connectivity index (χ3n) is 3.98. The number of carbonyl (C=O) groups excluding carboxylic acids is 1. The first-order valence-corrected chi connectivity index (χ1v) is 7.55. The van der Waals surface area contributed by atoms with Gasteiger partial charge in [-0.25, -0.2) is 8.78 Å². The summed E-state index contributed by atoms with van der Waals surface area (Å²) < 4.78 is 27.8. The number of carbonyl (C=O) groups is 1. The van der Waals surface area contributed by atoms with Gasteiger partial charge in [-0.3, -0.25) is 14.9 Å². The van der Waals surface area contributed by atoms with Gasteiger partial charge in [0, 0.05) is 11.3 Å². The summed E-state index contributed by atoms with van der Waals surface area (Å²) in [7, 11) is 0. The van der Waals surface area contributed by atoms with Crippen LogP contribution in [0, 0.1) is 21.7 Å². The van der Waals surface area contributed by atoms with E-state index in [1.165, 1.54) is 11.0 Å². The van der Waals surface area contributed by atoms with Gasteiger partial charge in [-0.2, -0.15) is 0 Å². The molecule has 3 rings (SSSR count). The van der Waals surface area contributed by atoms with Crippen LogP contribution in [0.15, 0.2) is 18.2 Å². The predicted molar refractivity (Wildman–Crippen MR) is 72.2 cm³/mol. The lowest BCUT2D eigenvalue weighted by Crippen LogP contribution is -2.55. The van der Waals surface area contributed by atoms with Gasteiger partial charge in [-0.15, -0.1) is 11.8 Å². The lowest BCUT2D eigenvalue weighted by atomic mass is 9.85. The molecule has 1 aromatic rings. The van der Waals surface area contributed by atoms with E-state index in [2.05, 4.69) is 0 Å². The Morgan fingerprint density at radius 3 is 2.48 bits per heavy atom. The van der Waals surface area contributed by atoms with E-state index in [-0.39, 0.29) is 17.2 Å². The minimum atomic E-state index is -0.843. The minimum Gasteiger partial charge on any atom is -0.316 e. The fourth-order valence-corrected chi connectivity index (χ4v) is 4.07. The third-order valence-corrected chi connectivity index (χ3v) is 5.17. The van der Waals surface area contributed by atoms with Gasteiger partial charge in [0.25, 0.3) is 0 Å². The van der Waals surface area contributed by atoms with Gasteiger partial charge in [0.15, 0.2) is 0 Å². The molecule has 1 heterocycles. The molecule has 0 bridgehead atoms. The summed E-state index contributed by atoms with van der Waals surface area (Å²) in [4.78, 5) is 23.8. The van der Waals surface area contributed by atoms with Crippen LogP contribution in [0.3, 0.4) is 0 Å². The second kappa shape index (κ2) is 5.25. The molecule has 1 saturated carbocycles. The standard InChI is InChI=1S/C13H12F2N2O3S/c14-7-2-1-3-8(15)12(7)13-16(11(18)6-21-13)9-4-5-10(9)17(19)20/h1-3,9-10,13H,4-6H2. The van der Waals surface area contributed by atoms with Crippen molar-refractivity contribution in [1.82, 2.24) is 4.90 Å². The summed E-state index contributed by atoms with van der Waals surface area (Å²) in [5.41, 5.74) is -0.192. The summed E-state index contributed by atoms with van der Waals surface area (Å²) in [6.07, 6.45) is 0.878. The first kappa shape index (κ1) is 14.2. The van der Waals surface area contributed by atoms with Crippen LogP contribution in [0.5, 0.6) is 0 Å². The second-order valence-corrected chi connectivity index (χ2v) is 6.17. The van der Waals surface area contributed by atoms with E-state index < -0.39 is 34.0 Å². The van der Waals surface area contributed by atoms with E-state index in [1.807, 2.05) is 0 Å². The molecule has 0 aromatic heterocycles. The Morgan fingerprint density at radius 1 is 1.29 bits per heavy atom. The monoisotopic (exact) mass is 314 g/mol. The van der Waals surface area contributed by atoms with Gasteiger partial charge < -0.3 is 4.90 Å². The molecule has 0 spiro atoms. The summed E-state index contributed by atoms with van der Waals surface area (Å²) in [5.74, 6) is -1.68. The molecule has 0 N–H and O–H groups in total. The molecule has 5 nitrogen and oxygen atoms in total. The van der Waals surface area contributed by atoms with Crippen LogP contribution >= 0.6 is 11.8 Å². The summed E-state index contributed by atoms with van der Waals surface area (Å²) in [6.45, 7) is 0. The lowest BCUT2D eigenvalue weighted by molar-refractivity contribution is -0.544. The molecular formula is C13H12F2N2O3S. The Kier molecular flexibility index (Phi) is 3.56. The number of hydrogen-bond acceptors (Lipinski definition) is 4. The highest BCUT2D eigenvalue weighted by Crippen LogP contribution is 2.45. The molecule has 3 atom stereocenters. The topological polar surface area (TPSA) is 63.5 Å². The second-order valence-electron chi connectivity index (χ2n) is 5.10. The number of amides is 1. The smallest absolute Gasteiger partial charge is 0.234 e. The van der Waals surface area contributed by atoms with Crippen LogP contribution in [-0.2, 0) is 4.79 Å². The summed E-state index contributed by atoms with van der Waals surface area (Å²) in [5, 5.41) is 10.1. The molecule has 3 unspecified atom stereocenters. The van der Waals surface area contributed by atoms with Gasteiger partial charge in [0.05, 0.1) is 11.3 Å². The van der Waals surface area contributed by atoms with Gasteiger partial charge in [0.1, 0.15) is 23.1 Å². The summed E-state index contributed by atoms with van der Waals surface area (Å²) >= 11 is 1.11. The largest absolute Gasteiger partial charge is 0.316 e. The number of benzene rings is 1. The molecule has 1 aliphatic carbocycles. The number of halogens is 2. The summed E-state index contributed by atoms with van der Waals surface area (Å²) in [6, 6.07) is 2.09. The van der Waals surface area contributed by atoms with Crippen molar-refractivity contribution in [2.24, 2.45) is 0 Å². The molecular weight excluding hydrogens is 302 g/mol. The highest BCUT2D eigenvalue weighted by molar-refractivity contribution is 8.00. The lowest BCUT2D eigenvalue weighted by Gasteiger charge is -2.39. The normalized spacial score (nSPS) is 28.6. The fraction of sp³-hybridized carbons (Fsp3) is 0.462. The molecule has 2 fully saturated rings. The molecule has 112 valence electrons. The van der Waals surface area contributed by atoms with Crippen molar-refractivity contribution in [3.8, 4) is 0 Å². The highest BCUT2D eigenvalue weighted by Gasteiger charge is 2.51. The maximum Gasteiger partial charge on any atom is 0.234 e. The van der Waals surface area contributed by atoms with E-state index in [9.17, 15) is 23.7 Å². The number of thioether (sulfide) groups is 1. The molecule has 1 amide bonds. The van der Waals surface area contributed by atoms with Crippen LogP contribution in [-0.4, -0.2) is 33.6 Å². The Hall–Kier alpha value is -1.70. The Bertz CT molecular complexity index is 593. The molecule has 0 radical (unpaired) electrons. The minimum absolute atomic E-state index is 0.0827. The highest BCUT2D eigenvalue weighted by atomic mass is 32.2. The fourth-order valence-electron chi connectivity index (χ4n) is 2.80. The van der Waals surface area contributed by atoms with E-state index in [1.54, 1.807) is 0 Å². The SMILES string of the molecule is O=C1CSC(c2c(F)cccc2F)N1C1CCC1[N+](=O)[O-]. The Morgan fingerprint density at radius 2 is 1.95 bits per heavy atom. The average Bonchev–Trinajstić information content (AvgIpc) is 2.70. The number of rotatable bonds is 3. The van der Waals surface area contributed by atoms with Crippen molar-refractivity contribution in [2.45, 2.75) is 30.3 Å². The molecule has 8 heteroatoms. The van der Waals surface area contributed by atoms with Crippen LogP contribution < -0.4 is 0 Å². The predicted octanol–water partition coefficient (Wildman–Crippen LogP) is 2.35. The quantitative estimate of drug-likeness (QED) is 0.634. The zero-order chi connectivity index (χ0) is 15.1. The van der Waals surface area contributed by atoms with Gasteiger partial charge in [-0.1, -0.05) is 6.07 Å². The first-order chi connectivity index (χ1) is 10.0. The van der Waals surface area contributed by atoms with E-state index >= 15 is 0 Å². The van der Waals surface area contributed by atoms with Crippen LogP contribution in [0.1, 0.15) is 23.8 Å². The van der Waals surface area contributed by atoms with Gasteiger partial charge in [-0.05, 0) is 18.6 Å². The first-order valence-electron chi connectivity index (χ1n) is 6.51. The van der Waals surface area contributed by atoms with Crippen molar-refractivity contribution in [2.75, 3.05) is 5.75 Å². The van der Waals surface area contributed by atoms with E-state index in [0.717, 1.165) is 23.9 Å². The molecule has 21 heavy (non-hydrogen) atoms. The van der Waals surface area contributed by atoms with Crippen molar-refractivity contribution < 1.29 is 18.5 Å². The Labute approximate surface area is 123 Å². The van der Waals surface area contributed by atoms with Crippen molar-refractivity contribution in [1.29, 1.82) is 0 Å². The Balaban J connectivity index is 1.95. The van der Waals surface area contributed by atoms with Gasteiger partial charge >= 0.3 is 0 Å². The number of hydrogen-bond donors (Lipinski definition) is 0. The third kappa shape index (κ3) is 2.27. The molecule has 1 saturated heterocycles. The van der Waals surface area contributed by atoms with Crippen molar-refractivity contribution >= 4 is 17.7 Å². The molecule has 1 aliphatic heterocycles. The van der Waals surface area contributed by atoms with Gasteiger partial charge in [0.2, 0.25) is 11.9 Å². The van der Waals surface area contributed by atoms with Crippen LogP contribution in [0.25, 0.3) is 0 Å². The zero-order valence-electron chi connectivity index (χ0n) is 10.9. The van der Waals surface area contributed by atoms with Crippen molar-refractivity contribution in [3.63, 3.8) is 0 Å². The number of nitro groups is 1. The average molecular weight is 314 g/mol. The molecule has 1 aromatic carbocycles. The van der Waals surface area contributed by atoms with E-state index in [4.69, 9.17) is 0 Å². The zero-order valence-corrected chi connectivity index (χ0v) is 11.7. The van der Waals surface area contributed by atoms with Crippen molar-refractivity contribution in [3.05, 3.63) is 45.5 Å². The number of nitrogens with zero attached hydrogens (tertiary/aromatic N) is 2. The van der Waals surface area contributed by atoms with Crippen LogP contribution in [0.4, 0.5) is 8.78 Å². The van der Waals surface area contributed by atoms with Crippen LogP contribution in [0.2, 0.25) is 0 Å². The molecule has 2 aliphatic rings. The maximum absolute atomic E-state index is 13.9. The maximum atomic E-state index is 13.9.